The number of carboxylic acid groups (broad SMARTS) is 1. The van der Waals surface area contributed by atoms with E-state index in [0.29, 0.717) is 5.92 Å². The lowest BCUT2D eigenvalue weighted by Crippen LogP contribution is -2.22. The molecule has 1 N–H and O–H groups in total. The first-order valence-electron chi connectivity index (χ1n) is 5.17. The van der Waals surface area contributed by atoms with E-state index in [4.69, 9.17) is 5.11 Å². The Balaban J connectivity index is 2.15. The molecule has 15 heavy (non-hydrogen) atoms. The van der Waals surface area contributed by atoms with Crippen molar-refractivity contribution in [3.8, 4) is 0 Å². The summed E-state index contributed by atoms with van der Waals surface area (Å²) < 4.78 is 0. The maximum absolute atomic E-state index is 10.7. The fourth-order valence-electron chi connectivity index (χ4n) is 1.58. The maximum atomic E-state index is 10.7. The van der Waals surface area contributed by atoms with Crippen LogP contribution in [0.4, 0.5) is 0 Å². The van der Waals surface area contributed by atoms with Gasteiger partial charge in [0.1, 0.15) is 0 Å². The number of hydrogen-bond donors (Lipinski definition) is 1. The number of rotatable bonds is 4. The average Bonchev–Trinajstić information content (AvgIpc) is 2.81. The third kappa shape index (κ3) is 2.37. The van der Waals surface area contributed by atoms with Crippen LogP contribution >= 0.6 is 11.3 Å². The number of carbonyl (C=O) groups is 1. The van der Waals surface area contributed by atoms with Crippen LogP contribution in [0, 0.1) is 0 Å². The van der Waals surface area contributed by atoms with Gasteiger partial charge in [0.25, 0.3) is 0 Å². The van der Waals surface area contributed by atoms with E-state index in [1.54, 1.807) is 11.3 Å². The Hall–Kier alpha value is -0.900. The first kappa shape index (κ1) is 10.6. The molecular formula is C11H15NO2S. The smallest absolute Gasteiger partial charge is 0.304 e. The monoisotopic (exact) mass is 225 g/mol. The van der Waals surface area contributed by atoms with Gasteiger partial charge in [-0.1, -0.05) is 13.8 Å². The zero-order valence-electron chi connectivity index (χ0n) is 8.99. The van der Waals surface area contributed by atoms with Crippen molar-refractivity contribution in [2.45, 2.75) is 44.4 Å². The van der Waals surface area contributed by atoms with Gasteiger partial charge in [-0.05, 0) is 12.8 Å². The molecule has 1 aliphatic rings. The Morgan fingerprint density at radius 2 is 2.33 bits per heavy atom. The predicted octanol–water partition coefficient (Wildman–Crippen LogP) is 2.77. The fourth-order valence-corrected chi connectivity index (χ4v) is 2.77. The lowest BCUT2D eigenvalue weighted by Gasteiger charge is -2.19. The number of aliphatic carboxylic acids is 1. The van der Waals surface area contributed by atoms with Crippen LogP contribution in [0.25, 0.3) is 0 Å². The summed E-state index contributed by atoms with van der Waals surface area (Å²) in [6.45, 7) is 3.87. The quantitative estimate of drug-likeness (QED) is 0.857. The van der Waals surface area contributed by atoms with Crippen molar-refractivity contribution in [3.05, 3.63) is 16.1 Å². The molecule has 0 aliphatic heterocycles. The van der Waals surface area contributed by atoms with E-state index < -0.39 is 5.97 Å². The van der Waals surface area contributed by atoms with Gasteiger partial charge in [-0.3, -0.25) is 4.79 Å². The van der Waals surface area contributed by atoms with Gasteiger partial charge >= 0.3 is 5.97 Å². The van der Waals surface area contributed by atoms with Crippen molar-refractivity contribution in [3.63, 3.8) is 0 Å². The van der Waals surface area contributed by atoms with Crippen LogP contribution in [0.3, 0.4) is 0 Å². The molecule has 3 nitrogen and oxygen atoms in total. The van der Waals surface area contributed by atoms with Crippen LogP contribution in [-0.2, 0) is 10.2 Å². The second-order valence-electron chi connectivity index (χ2n) is 4.80. The average molecular weight is 225 g/mol. The van der Waals surface area contributed by atoms with E-state index in [0.717, 1.165) is 5.69 Å². The molecule has 0 unspecified atom stereocenters. The minimum Gasteiger partial charge on any atom is -0.481 e. The highest BCUT2D eigenvalue weighted by Gasteiger charge is 2.31. The van der Waals surface area contributed by atoms with E-state index in [1.807, 2.05) is 19.2 Å². The maximum Gasteiger partial charge on any atom is 0.304 e. The third-order valence-electron chi connectivity index (χ3n) is 2.74. The molecule has 1 aromatic heterocycles. The fraction of sp³-hybridized carbons (Fsp3) is 0.636. The highest BCUT2D eigenvalue weighted by Crippen LogP contribution is 2.42. The molecule has 4 heteroatoms. The summed E-state index contributed by atoms with van der Waals surface area (Å²) in [6, 6.07) is 0. The number of thiazole rings is 1. The Bertz CT molecular complexity index is 380. The van der Waals surface area contributed by atoms with Gasteiger partial charge < -0.3 is 5.11 Å². The summed E-state index contributed by atoms with van der Waals surface area (Å²) in [5.41, 5.74) is 0.576. The second-order valence-corrected chi connectivity index (χ2v) is 5.69. The summed E-state index contributed by atoms with van der Waals surface area (Å²) in [4.78, 5) is 15.3. The van der Waals surface area contributed by atoms with Crippen molar-refractivity contribution >= 4 is 17.3 Å². The van der Waals surface area contributed by atoms with Gasteiger partial charge in [0.15, 0.2) is 0 Å². The Labute approximate surface area is 93.2 Å². The molecular weight excluding hydrogens is 210 g/mol. The van der Waals surface area contributed by atoms with Crippen molar-refractivity contribution in [1.29, 1.82) is 0 Å². The zero-order chi connectivity index (χ0) is 11.1. The summed E-state index contributed by atoms with van der Waals surface area (Å²) in [7, 11) is 0. The van der Waals surface area contributed by atoms with Crippen molar-refractivity contribution in [2.24, 2.45) is 0 Å². The SMILES string of the molecule is CC(C)(CC(=O)O)c1csc(C2CC2)n1. The van der Waals surface area contributed by atoms with E-state index in [2.05, 4.69) is 4.98 Å². The number of aromatic nitrogens is 1. The van der Waals surface area contributed by atoms with Gasteiger partial charge in [0, 0.05) is 16.7 Å². The molecule has 1 aliphatic carbocycles. The first-order chi connectivity index (χ1) is 6.99. The van der Waals surface area contributed by atoms with Crippen LogP contribution < -0.4 is 0 Å². The molecule has 82 valence electrons. The Morgan fingerprint density at radius 1 is 1.67 bits per heavy atom. The minimum absolute atomic E-state index is 0.140. The summed E-state index contributed by atoms with van der Waals surface area (Å²) in [5, 5.41) is 12.0. The third-order valence-corrected chi connectivity index (χ3v) is 3.74. The minimum atomic E-state index is -0.763. The number of nitrogens with zero attached hydrogens (tertiary/aromatic N) is 1. The zero-order valence-corrected chi connectivity index (χ0v) is 9.80. The van der Waals surface area contributed by atoms with Crippen LogP contribution in [0.15, 0.2) is 5.38 Å². The molecule has 1 heterocycles. The summed E-state index contributed by atoms with van der Waals surface area (Å²) in [6.07, 6.45) is 2.62. The number of carboxylic acids is 1. The Morgan fingerprint density at radius 3 is 2.87 bits per heavy atom. The molecule has 0 spiro atoms. The molecule has 0 aromatic carbocycles. The largest absolute Gasteiger partial charge is 0.481 e. The standard InChI is InChI=1S/C11H15NO2S/c1-11(2,5-9(13)14)8-6-15-10(12-8)7-3-4-7/h6-7H,3-5H2,1-2H3,(H,13,14). The molecule has 1 aromatic rings. The molecule has 1 saturated carbocycles. The molecule has 0 amide bonds. The van der Waals surface area contributed by atoms with Crippen molar-refractivity contribution < 1.29 is 9.90 Å². The van der Waals surface area contributed by atoms with Gasteiger partial charge in [-0.25, -0.2) is 4.98 Å². The Kier molecular flexibility index (Phi) is 2.54. The van der Waals surface area contributed by atoms with Crippen LogP contribution in [0.2, 0.25) is 0 Å². The molecule has 0 atom stereocenters. The second kappa shape index (κ2) is 3.59. The highest BCUT2D eigenvalue weighted by atomic mass is 32.1. The normalized spacial score (nSPS) is 16.7. The van der Waals surface area contributed by atoms with Gasteiger partial charge in [-0.2, -0.15) is 0 Å². The van der Waals surface area contributed by atoms with Gasteiger partial charge in [0.2, 0.25) is 0 Å². The molecule has 0 saturated heterocycles. The van der Waals surface area contributed by atoms with E-state index in [1.165, 1.54) is 17.8 Å². The highest BCUT2D eigenvalue weighted by molar-refractivity contribution is 7.09. The predicted molar refractivity (Wildman–Crippen MR) is 59.4 cm³/mol. The van der Waals surface area contributed by atoms with E-state index >= 15 is 0 Å². The first-order valence-corrected chi connectivity index (χ1v) is 6.05. The lowest BCUT2D eigenvalue weighted by molar-refractivity contribution is -0.138. The van der Waals surface area contributed by atoms with E-state index in [-0.39, 0.29) is 11.8 Å². The molecule has 1 fully saturated rings. The summed E-state index contributed by atoms with van der Waals surface area (Å²) in [5.74, 6) is -0.106. The van der Waals surface area contributed by atoms with Crippen LogP contribution in [0.1, 0.15) is 49.7 Å². The van der Waals surface area contributed by atoms with Crippen molar-refractivity contribution in [1.82, 2.24) is 4.98 Å². The van der Waals surface area contributed by atoms with Crippen molar-refractivity contribution in [2.75, 3.05) is 0 Å². The van der Waals surface area contributed by atoms with Gasteiger partial charge in [-0.15, -0.1) is 11.3 Å². The van der Waals surface area contributed by atoms with E-state index in [9.17, 15) is 4.79 Å². The molecule has 0 radical (unpaired) electrons. The lowest BCUT2D eigenvalue weighted by atomic mass is 9.86. The van der Waals surface area contributed by atoms with Gasteiger partial charge in [0.05, 0.1) is 17.1 Å². The molecule has 2 rings (SSSR count). The van der Waals surface area contributed by atoms with Crippen LogP contribution in [-0.4, -0.2) is 16.1 Å². The van der Waals surface area contributed by atoms with Crippen LogP contribution in [0.5, 0.6) is 0 Å². The number of hydrogen-bond acceptors (Lipinski definition) is 3. The molecule has 0 bridgehead atoms. The summed E-state index contributed by atoms with van der Waals surface area (Å²) >= 11 is 1.67. The topological polar surface area (TPSA) is 50.2 Å².